The first-order chi connectivity index (χ1) is 17.1. The molecule has 2 heterocycles. The molecule has 6 nitrogen and oxygen atoms in total. The Balaban J connectivity index is 1.19. The minimum absolute atomic E-state index is 0.274. The van der Waals surface area contributed by atoms with Crippen LogP contribution in [0, 0.1) is 6.92 Å². The van der Waals surface area contributed by atoms with E-state index in [1.165, 1.54) is 22.9 Å². The molecule has 7 heteroatoms. The largest absolute Gasteiger partial charge is 0.294 e. The van der Waals surface area contributed by atoms with Crippen LogP contribution in [0.4, 0.5) is 0 Å². The van der Waals surface area contributed by atoms with Crippen molar-refractivity contribution < 1.29 is 4.79 Å². The van der Waals surface area contributed by atoms with Crippen molar-refractivity contribution in [3.8, 4) is 5.69 Å². The predicted octanol–water partition coefficient (Wildman–Crippen LogP) is 5.16. The maximum atomic E-state index is 12.6. The van der Waals surface area contributed by atoms with E-state index in [-0.39, 0.29) is 5.91 Å². The number of halogens is 1. The number of hydrazone groups is 1. The lowest BCUT2D eigenvalue weighted by atomic mass is 9.99. The Morgan fingerprint density at radius 2 is 1.74 bits per heavy atom. The molecule has 0 bridgehead atoms. The lowest BCUT2D eigenvalue weighted by Crippen LogP contribution is -2.30. The van der Waals surface area contributed by atoms with Crippen LogP contribution >= 0.6 is 11.6 Å². The highest BCUT2D eigenvalue weighted by Gasteiger charge is 2.16. The van der Waals surface area contributed by atoms with Crippen LogP contribution in [0.25, 0.3) is 5.69 Å². The molecule has 1 aromatic heterocycles. The van der Waals surface area contributed by atoms with Gasteiger partial charge in [0.15, 0.2) is 5.15 Å². The third kappa shape index (κ3) is 5.19. The third-order valence-electron chi connectivity index (χ3n) is 6.31. The number of nitrogens with one attached hydrogen (secondary N) is 1. The topological polar surface area (TPSA) is 62.5 Å². The number of nitrogens with zero attached hydrogens (tertiary/aromatic N) is 4. The van der Waals surface area contributed by atoms with Crippen molar-refractivity contribution in [2.24, 2.45) is 5.10 Å². The molecule has 0 saturated heterocycles. The van der Waals surface area contributed by atoms with E-state index in [1.54, 1.807) is 4.68 Å². The monoisotopic (exact) mass is 483 g/mol. The van der Waals surface area contributed by atoms with E-state index in [0.29, 0.717) is 16.3 Å². The molecule has 176 valence electrons. The summed E-state index contributed by atoms with van der Waals surface area (Å²) >= 11 is 6.32. The van der Waals surface area contributed by atoms with Crippen LogP contribution in [-0.4, -0.2) is 33.3 Å². The van der Waals surface area contributed by atoms with Gasteiger partial charge in [-0.25, -0.2) is 10.1 Å². The summed E-state index contributed by atoms with van der Waals surface area (Å²) in [5, 5.41) is 8.82. The lowest BCUT2D eigenvalue weighted by molar-refractivity contribution is 0.0955. The highest BCUT2D eigenvalue weighted by Crippen LogP contribution is 2.21. The van der Waals surface area contributed by atoms with Crippen LogP contribution in [0.3, 0.4) is 0 Å². The van der Waals surface area contributed by atoms with Gasteiger partial charge in [-0.05, 0) is 54.3 Å². The number of fused-ring (bicyclic) bond motifs is 1. The van der Waals surface area contributed by atoms with Crippen molar-refractivity contribution in [2.75, 3.05) is 6.54 Å². The highest BCUT2D eigenvalue weighted by atomic mass is 35.5. The molecule has 1 aliphatic heterocycles. The average molecular weight is 484 g/mol. The normalized spacial score (nSPS) is 13.7. The van der Waals surface area contributed by atoms with E-state index in [1.807, 2.05) is 61.5 Å². The van der Waals surface area contributed by atoms with E-state index >= 15 is 0 Å². The second-order valence-electron chi connectivity index (χ2n) is 8.66. The zero-order valence-corrected chi connectivity index (χ0v) is 20.2. The summed E-state index contributed by atoms with van der Waals surface area (Å²) in [6.45, 7) is 4.76. The molecule has 0 fully saturated rings. The highest BCUT2D eigenvalue weighted by molar-refractivity contribution is 6.32. The van der Waals surface area contributed by atoms with Crippen molar-refractivity contribution in [1.82, 2.24) is 20.1 Å². The summed E-state index contributed by atoms with van der Waals surface area (Å²) in [6.07, 6.45) is 2.60. The number of hydrogen-bond acceptors (Lipinski definition) is 4. The quantitative estimate of drug-likeness (QED) is 0.304. The van der Waals surface area contributed by atoms with Gasteiger partial charge in [0.1, 0.15) is 0 Å². The van der Waals surface area contributed by atoms with Gasteiger partial charge in [0.05, 0.1) is 23.2 Å². The predicted molar refractivity (Wildman–Crippen MR) is 139 cm³/mol. The maximum Gasteiger partial charge on any atom is 0.271 e. The number of benzene rings is 3. The molecule has 3 aromatic carbocycles. The zero-order valence-electron chi connectivity index (χ0n) is 19.5. The van der Waals surface area contributed by atoms with E-state index in [0.717, 1.165) is 37.4 Å². The molecule has 0 unspecified atom stereocenters. The Labute approximate surface area is 209 Å². The van der Waals surface area contributed by atoms with Crippen molar-refractivity contribution in [1.29, 1.82) is 0 Å². The molecule has 0 aliphatic carbocycles. The summed E-state index contributed by atoms with van der Waals surface area (Å²) < 4.78 is 1.76. The molecule has 35 heavy (non-hydrogen) atoms. The van der Waals surface area contributed by atoms with Gasteiger partial charge in [0.2, 0.25) is 0 Å². The van der Waals surface area contributed by atoms with Gasteiger partial charge in [-0.3, -0.25) is 9.69 Å². The van der Waals surface area contributed by atoms with Crippen LogP contribution in [-0.2, 0) is 19.5 Å². The fraction of sp³-hybridized carbons (Fsp3) is 0.179. The fourth-order valence-electron chi connectivity index (χ4n) is 4.38. The lowest BCUT2D eigenvalue weighted by Gasteiger charge is -2.28. The third-order valence-corrected chi connectivity index (χ3v) is 6.59. The average Bonchev–Trinajstić information content (AvgIpc) is 3.18. The van der Waals surface area contributed by atoms with Gasteiger partial charge in [0.25, 0.3) is 5.91 Å². The van der Waals surface area contributed by atoms with Crippen molar-refractivity contribution in [2.45, 2.75) is 26.4 Å². The molecule has 1 amide bonds. The second kappa shape index (κ2) is 10.3. The van der Waals surface area contributed by atoms with Crippen LogP contribution in [0.1, 0.15) is 38.3 Å². The smallest absolute Gasteiger partial charge is 0.271 e. The van der Waals surface area contributed by atoms with Crippen LogP contribution in [0.5, 0.6) is 0 Å². The molecule has 5 rings (SSSR count). The molecule has 4 aromatic rings. The standard InChI is InChI=1S/C28H26ClN5O/c1-20-26(27(29)32-34(20)25-9-3-2-4-10-25)17-30-31-28(35)23-13-11-21(12-14-23)18-33-16-15-22-7-5-6-8-24(22)19-33/h2-14,17H,15-16,18-19H2,1H3,(H,31,35)/b30-17-. The van der Waals surface area contributed by atoms with Crippen LogP contribution in [0.15, 0.2) is 84.0 Å². The Morgan fingerprint density at radius 1 is 1.03 bits per heavy atom. The van der Waals surface area contributed by atoms with Crippen molar-refractivity contribution in [3.63, 3.8) is 0 Å². The fourth-order valence-corrected chi connectivity index (χ4v) is 4.64. The Bertz CT molecular complexity index is 1360. The van der Waals surface area contributed by atoms with Gasteiger partial charge >= 0.3 is 0 Å². The maximum absolute atomic E-state index is 12.6. The Morgan fingerprint density at radius 3 is 2.51 bits per heavy atom. The molecule has 0 saturated carbocycles. The Kier molecular flexibility index (Phi) is 6.75. The molecule has 0 atom stereocenters. The molecule has 0 radical (unpaired) electrons. The molecular weight excluding hydrogens is 458 g/mol. The molecular formula is C28H26ClN5O. The van der Waals surface area contributed by atoms with Gasteiger partial charge in [-0.15, -0.1) is 0 Å². The summed E-state index contributed by atoms with van der Waals surface area (Å²) in [5.41, 5.74) is 9.57. The van der Waals surface area contributed by atoms with Gasteiger partial charge < -0.3 is 0 Å². The van der Waals surface area contributed by atoms with Gasteiger partial charge in [-0.1, -0.05) is 66.2 Å². The number of rotatable bonds is 6. The van der Waals surface area contributed by atoms with E-state index in [2.05, 4.69) is 44.8 Å². The first kappa shape index (κ1) is 23.0. The molecule has 0 spiro atoms. The summed E-state index contributed by atoms with van der Waals surface area (Å²) in [7, 11) is 0. The zero-order chi connectivity index (χ0) is 24.2. The van der Waals surface area contributed by atoms with E-state index < -0.39 is 0 Å². The van der Waals surface area contributed by atoms with Gasteiger partial charge in [0, 0.05) is 25.2 Å². The number of carbonyl (C=O) groups excluding carboxylic acids is 1. The number of hydrogen-bond donors (Lipinski definition) is 1. The molecule has 1 N–H and O–H groups in total. The summed E-state index contributed by atoms with van der Waals surface area (Å²) in [5.74, 6) is -0.274. The van der Waals surface area contributed by atoms with Gasteiger partial charge in [-0.2, -0.15) is 10.2 Å². The van der Waals surface area contributed by atoms with E-state index in [9.17, 15) is 4.79 Å². The summed E-state index contributed by atoms with van der Waals surface area (Å²) in [4.78, 5) is 15.0. The van der Waals surface area contributed by atoms with Crippen LogP contribution < -0.4 is 5.43 Å². The van der Waals surface area contributed by atoms with Crippen LogP contribution in [0.2, 0.25) is 5.15 Å². The number of aromatic nitrogens is 2. The first-order valence-corrected chi connectivity index (χ1v) is 12.0. The first-order valence-electron chi connectivity index (χ1n) is 11.6. The minimum Gasteiger partial charge on any atom is -0.294 e. The Hall–Kier alpha value is -3.74. The minimum atomic E-state index is -0.274. The number of amides is 1. The second-order valence-corrected chi connectivity index (χ2v) is 9.02. The SMILES string of the molecule is Cc1c(/C=N\NC(=O)c2ccc(CN3CCc4ccccc4C3)cc2)c(Cl)nn1-c1ccccc1. The number of para-hydroxylation sites is 1. The van der Waals surface area contributed by atoms with E-state index in [4.69, 9.17) is 11.6 Å². The summed E-state index contributed by atoms with van der Waals surface area (Å²) in [6, 6.07) is 26.0. The number of carbonyl (C=O) groups is 1. The van der Waals surface area contributed by atoms with Crippen molar-refractivity contribution >= 4 is 23.7 Å². The molecule has 1 aliphatic rings. The van der Waals surface area contributed by atoms with Crippen molar-refractivity contribution in [3.05, 3.63) is 118 Å².